The van der Waals surface area contributed by atoms with Crippen molar-refractivity contribution in [2.45, 2.75) is 53.1 Å². The Labute approximate surface area is 129 Å². The van der Waals surface area contributed by atoms with Crippen molar-refractivity contribution < 1.29 is 9.90 Å². The second-order valence-electron chi connectivity index (χ2n) is 7.13. The molecule has 3 N–H and O–H groups in total. The average Bonchev–Trinajstić information content (AvgIpc) is 2.35. The van der Waals surface area contributed by atoms with Gasteiger partial charge in [0.1, 0.15) is 0 Å². The van der Waals surface area contributed by atoms with Crippen molar-refractivity contribution in [2.24, 2.45) is 17.8 Å². The zero-order valence-corrected chi connectivity index (χ0v) is 14.2. The first-order valence-electron chi connectivity index (χ1n) is 8.22. The van der Waals surface area contributed by atoms with Crippen LogP contribution in [0.15, 0.2) is 0 Å². The van der Waals surface area contributed by atoms with E-state index in [1.54, 1.807) is 0 Å². The molecule has 21 heavy (non-hydrogen) atoms. The van der Waals surface area contributed by atoms with Crippen LogP contribution in [0.5, 0.6) is 0 Å². The van der Waals surface area contributed by atoms with Gasteiger partial charge in [0.25, 0.3) is 0 Å². The molecule has 1 aliphatic rings. The molecule has 5 atom stereocenters. The van der Waals surface area contributed by atoms with Crippen LogP contribution in [0, 0.1) is 17.8 Å². The Balaban J connectivity index is 2.32. The van der Waals surface area contributed by atoms with Crippen LogP contribution in [0.1, 0.15) is 41.0 Å². The average molecular weight is 299 g/mol. The molecule has 0 radical (unpaired) electrons. The van der Waals surface area contributed by atoms with Crippen LogP contribution in [0.3, 0.4) is 0 Å². The highest BCUT2D eigenvalue weighted by molar-refractivity contribution is 5.74. The first-order valence-corrected chi connectivity index (χ1v) is 8.22. The van der Waals surface area contributed by atoms with E-state index in [-0.39, 0.29) is 30.6 Å². The molecule has 1 heterocycles. The summed E-state index contributed by atoms with van der Waals surface area (Å²) in [4.78, 5) is 14.4. The minimum absolute atomic E-state index is 0.0303. The van der Waals surface area contributed by atoms with Crippen molar-refractivity contribution in [1.29, 1.82) is 0 Å². The number of nitrogens with zero attached hydrogens (tertiary/aromatic N) is 1. The minimum atomic E-state index is -0.145. The van der Waals surface area contributed by atoms with E-state index in [1.807, 2.05) is 20.8 Å². The lowest BCUT2D eigenvalue weighted by Gasteiger charge is -2.36. The molecule has 0 saturated carbocycles. The summed E-state index contributed by atoms with van der Waals surface area (Å²) in [7, 11) is 0. The van der Waals surface area contributed by atoms with Crippen LogP contribution in [0.2, 0.25) is 0 Å². The van der Waals surface area contributed by atoms with E-state index in [9.17, 15) is 4.79 Å². The van der Waals surface area contributed by atoms with Crippen LogP contribution >= 0.6 is 0 Å². The van der Waals surface area contributed by atoms with Gasteiger partial charge in [-0.15, -0.1) is 0 Å². The maximum absolute atomic E-state index is 11.9. The van der Waals surface area contributed by atoms with Gasteiger partial charge in [0.15, 0.2) is 0 Å². The molecule has 0 bridgehead atoms. The van der Waals surface area contributed by atoms with Crippen molar-refractivity contribution in [3.63, 3.8) is 0 Å². The van der Waals surface area contributed by atoms with Crippen LogP contribution < -0.4 is 10.6 Å². The summed E-state index contributed by atoms with van der Waals surface area (Å²) in [5.74, 6) is 1.54. The highest BCUT2D eigenvalue weighted by Gasteiger charge is 2.23. The fraction of sp³-hybridized carbons (Fsp3) is 0.938. The Kier molecular flexibility index (Phi) is 7.46. The van der Waals surface area contributed by atoms with Crippen molar-refractivity contribution in [2.75, 3.05) is 26.2 Å². The lowest BCUT2D eigenvalue weighted by Crippen LogP contribution is -2.51. The zero-order chi connectivity index (χ0) is 16.0. The minimum Gasteiger partial charge on any atom is -0.396 e. The smallest absolute Gasteiger partial charge is 0.315 e. The third-order valence-electron chi connectivity index (χ3n) is 4.35. The van der Waals surface area contributed by atoms with E-state index in [0.29, 0.717) is 0 Å². The summed E-state index contributed by atoms with van der Waals surface area (Å²) in [5, 5.41) is 15.0. The molecule has 1 rings (SSSR count). The molecule has 0 aromatic rings. The van der Waals surface area contributed by atoms with Crippen LogP contribution in [-0.2, 0) is 0 Å². The van der Waals surface area contributed by atoms with Gasteiger partial charge < -0.3 is 20.6 Å². The highest BCUT2D eigenvalue weighted by Crippen LogP contribution is 2.20. The lowest BCUT2D eigenvalue weighted by atomic mass is 9.92. The van der Waals surface area contributed by atoms with Crippen LogP contribution in [0.4, 0.5) is 4.79 Å². The number of urea groups is 1. The number of carbonyl (C=O) groups excluding carboxylic acids is 1. The summed E-state index contributed by atoms with van der Waals surface area (Å²) in [6.07, 6.45) is 1.30. The molecule has 5 heteroatoms. The van der Waals surface area contributed by atoms with E-state index in [4.69, 9.17) is 5.11 Å². The molecule has 1 fully saturated rings. The monoisotopic (exact) mass is 299 g/mol. The van der Waals surface area contributed by atoms with Crippen molar-refractivity contribution in [3.05, 3.63) is 0 Å². The highest BCUT2D eigenvalue weighted by atomic mass is 16.3. The topological polar surface area (TPSA) is 64.6 Å². The molecular weight excluding hydrogens is 266 g/mol. The van der Waals surface area contributed by atoms with Gasteiger partial charge in [0.05, 0.1) is 0 Å². The van der Waals surface area contributed by atoms with Gasteiger partial charge >= 0.3 is 6.03 Å². The zero-order valence-electron chi connectivity index (χ0n) is 14.2. The second-order valence-corrected chi connectivity index (χ2v) is 7.13. The number of rotatable bonds is 6. The fourth-order valence-electron chi connectivity index (χ4n) is 3.15. The number of aliphatic hydroxyl groups is 1. The third kappa shape index (κ3) is 6.66. The lowest BCUT2D eigenvalue weighted by molar-refractivity contribution is 0.131. The summed E-state index contributed by atoms with van der Waals surface area (Å²) in [5.41, 5.74) is 0. The number of piperidine rings is 1. The van der Waals surface area contributed by atoms with Gasteiger partial charge in [0.2, 0.25) is 0 Å². The maximum atomic E-state index is 11.9. The van der Waals surface area contributed by atoms with Gasteiger partial charge in [-0.1, -0.05) is 20.8 Å². The summed E-state index contributed by atoms with van der Waals surface area (Å²) >= 11 is 0. The first kappa shape index (κ1) is 18.2. The van der Waals surface area contributed by atoms with E-state index in [2.05, 4.69) is 29.4 Å². The largest absolute Gasteiger partial charge is 0.396 e. The van der Waals surface area contributed by atoms with Gasteiger partial charge in [-0.25, -0.2) is 4.79 Å². The number of aliphatic hydroxyl groups excluding tert-OH is 1. The second kappa shape index (κ2) is 8.59. The molecule has 0 aromatic heterocycles. The Morgan fingerprint density at radius 1 is 1.19 bits per heavy atom. The predicted octanol–water partition coefficient (Wildman–Crippen LogP) is 1.67. The van der Waals surface area contributed by atoms with E-state index >= 15 is 0 Å². The van der Waals surface area contributed by atoms with E-state index in [1.165, 1.54) is 6.42 Å². The summed E-state index contributed by atoms with van der Waals surface area (Å²) in [6.45, 7) is 13.7. The molecule has 0 spiro atoms. The number of hydrogen-bond acceptors (Lipinski definition) is 3. The van der Waals surface area contributed by atoms with Gasteiger partial charge in [0, 0.05) is 38.3 Å². The molecule has 5 unspecified atom stereocenters. The number of amides is 2. The SMILES string of the molecule is CC1CC(C)CN(CC(C)NC(=O)NC(C)C(C)CO)C1. The Morgan fingerprint density at radius 2 is 1.76 bits per heavy atom. The van der Waals surface area contributed by atoms with E-state index < -0.39 is 0 Å². The molecular formula is C16H33N3O2. The molecule has 1 aliphatic heterocycles. The molecule has 1 saturated heterocycles. The van der Waals surface area contributed by atoms with Gasteiger partial charge in [-0.3, -0.25) is 0 Å². The number of likely N-dealkylation sites (tertiary alicyclic amines) is 1. The quantitative estimate of drug-likeness (QED) is 0.699. The van der Waals surface area contributed by atoms with Crippen molar-refractivity contribution >= 4 is 6.03 Å². The molecule has 0 aromatic carbocycles. The Hall–Kier alpha value is -0.810. The standard InChI is InChI=1S/C16H33N3O2/c1-11-6-12(2)8-19(7-11)9-14(4)17-16(21)18-15(5)13(3)10-20/h11-15,20H,6-10H2,1-5H3,(H2,17,18,21). The van der Waals surface area contributed by atoms with Crippen LogP contribution in [-0.4, -0.2) is 54.4 Å². The van der Waals surface area contributed by atoms with E-state index in [0.717, 1.165) is 31.5 Å². The summed E-state index contributed by atoms with van der Waals surface area (Å²) in [6, 6.07) is -0.0511. The molecule has 0 aliphatic carbocycles. The van der Waals surface area contributed by atoms with Crippen molar-refractivity contribution in [1.82, 2.24) is 15.5 Å². The Morgan fingerprint density at radius 3 is 2.29 bits per heavy atom. The number of carbonyl (C=O) groups is 1. The van der Waals surface area contributed by atoms with Gasteiger partial charge in [-0.05, 0) is 38.0 Å². The Bertz CT molecular complexity index is 315. The van der Waals surface area contributed by atoms with Gasteiger partial charge in [-0.2, -0.15) is 0 Å². The maximum Gasteiger partial charge on any atom is 0.315 e. The molecule has 2 amide bonds. The van der Waals surface area contributed by atoms with Crippen molar-refractivity contribution in [3.8, 4) is 0 Å². The fourth-order valence-corrected chi connectivity index (χ4v) is 3.15. The summed E-state index contributed by atoms with van der Waals surface area (Å²) < 4.78 is 0. The number of nitrogens with one attached hydrogen (secondary N) is 2. The number of hydrogen-bond donors (Lipinski definition) is 3. The molecule has 5 nitrogen and oxygen atoms in total. The molecule has 124 valence electrons. The van der Waals surface area contributed by atoms with Crippen LogP contribution in [0.25, 0.3) is 0 Å². The third-order valence-corrected chi connectivity index (χ3v) is 4.35. The predicted molar refractivity (Wildman–Crippen MR) is 86.2 cm³/mol. The normalized spacial score (nSPS) is 27.7. The first-order chi connectivity index (χ1) is 9.81.